The smallest absolute Gasteiger partial charge is 0.251 e. The van der Waals surface area contributed by atoms with Crippen molar-refractivity contribution < 1.29 is 9.53 Å². The number of fused-ring (bicyclic) bond motifs is 1. The fraction of sp³-hybridized carbons (Fsp3) is 0.440. The first-order chi connectivity index (χ1) is 16.6. The molecule has 4 heterocycles. The van der Waals surface area contributed by atoms with Gasteiger partial charge in [-0.05, 0) is 37.9 Å². The lowest BCUT2D eigenvalue weighted by Crippen LogP contribution is -2.38. The van der Waals surface area contributed by atoms with Crippen molar-refractivity contribution in [3.05, 3.63) is 47.8 Å². The van der Waals surface area contributed by atoms with Crippen molar-refractivity contribution in [3.8, 4) is 11.3 Å². The molecule has 2 aromatic heterocycles. The number of nitrogens with zero attached hydrogens (tertiary/aromatic N) is 4. The largest absolute Gasteiger partial charge is 0.379 e. The van der Waals surface area contributed by atoms with Crippen LogP contribution < -0.4 is 16.4 Å². The number of anilines is 1. The Bertz CT molecular complexity index is 1160. The Kier molecular flexibility index (Phi) is 6.66. The number of primary amides is 1. The summed E-state index contributed by atoms with van der Waals surface area (Å²) in [6.45, 7) is 7.51. The summed E-state index contributed by atoms with van der Waals surface area (Å²) in [7, 11) is 0. The summed E-state index contributed by atoms with van der Waals surface area (Å²) in [6, 6.07) is 10.6. The lowest BCUT2D eigenvalue weighted by Gasteiger charge is -2.32. The van der Waals surface area contributed by atoms with E-state index in [1.54, 1.807) is 6.07 Å². The number of amides is 1. The molecule has 5 rings (SSSR count). The lowest BCUT2D eigenvalue weighted by atomic mass is 10.0. The normalized spacial score (nSPS) is 20.2. The highest BCUT2D eigenvalue weighted by atomic mass is 16.5. The summed E-state index contributed by atoms with van der Waals surface area (Å²) in [5.41, 5.74) is 9.93. The first-order valence-electron chi connectivity index (χ1n) is 11.9. The molecule has 1 amide bonds. The van der Waals surface area contributed by atoms with E-state index in [-0.39, 0.29) is 6.04 Å². The molecule has 0 aliphatic carbocycles. The molecule has 1 unspecified atom stereocenters. The van der Waals surface area contributed by atoms with Gasteiger partial charge in [-0.25, -0.2) is 15.0 Å². The zero-order valence-corrected chi connectivity index (χ0v) is 19.5. The minimum Gasteiger partial charge on any atom is -0.379 e. The van der Waals surface area contributed by atoms with E-state index in [4.69, 9.17) is 15.5 Å². The SMILES string of the molecule is CC(c1ccc(-c2cc(C(N)=O)c3ncnc(N[C@H]4CCCNC4)c3n2)cc1)N1CCOCC1. The third kappa shape index (κ3) is 4.72. The van der Waals surface area contributed by atoms with E-state index >= 15 is 0 Å². The molecule has 4 N–H and O–H groups in total. The molecule has 34 heavy (non-hydrogen) atoms. The van der Waals surface area contributed by atoms with Crippen molar-refractivity contribution in [2.24, 2.45) is 5.73 Å². The van der Waals surface area contributed by atoms with Gasteiger partial charge in [0.25, 0.3) is 5.91 Å². The van der Waals surface area contributed by atoms with Crippen LogP contribution in [-0.2, 0) is 4.74 Å². The highest BCUT2D eigenvalue weighted by molar-refractivity contribution is 6.06. The van der Waals surface area contributed by atoms with Gasteiger partial charge in [0.05, 0.1) is 24.5 Å². The second kappa shape index (κ2) is 10.0. The van der Waals surface area contributed by atoms with Crippen LogP contribution in [-0.4, -0.2) is 71.2 Å². The van der Waals surface area contributed by atoms with Gasteiger partial charge in [0, 0.05) is 37.3 Å². The van der Waals surface area contributed by atoms with Gasteiger partial charge in [-0.3, -0.25) is 9.69 Å². The van der Waals surface area contributed by atoms with E-state index in [9.17, 15) is 4.79 Å². The third-order valence-electron chi connectivity index (χ3n) is 6.78. The van der Waals surface area contributed by atoms with Crippen LogP contribution in [0.4, 0.5) is 5.82 Å². The van der Waals surface area contributed by atoms with Gasteiger partial charge in [0.1, 0.15) is 17.4 Å². The summed E-state index contributed by atoms with van der Waals surface area (Å²) >= 11 is 0. The molecule has 2 aliphatic rings. The van der Waals surface area contributed by atoms with Gasteiger partial charge in [-0.15, -0.1) is 0 Å². The maximum absolute atomic E-state index is 12.3. The van der Waals surface area contributed by atoms with Gasteiger partial charge in [-0.1, -0.05) is 24.3 Å². The van der Waals surface area contributed by atoms with Crippen molar-refractivity contribution in [3.63, 3.8) is 0 Å². The molecule has 9 heteroatoms. The van der Waals surface area contributed by atoms with Crippen LogP contribution in [0, 0.1) is 0 Å². The second-order valence-electron chi connectivity index (χ2n) is 8.97. The predicted molar refractivity (Wildman–Crippen MR) is 132 cm³/mol. The number of pyridine rings is 1. The fourth-order valence-electron chi connectivity index (χ4n) is 4.76. The summed E-state index contributed by atoms with van der Waals surface area (Å²) in [4.78, 5) is 28.4. The number of hydrogen-bond acceptors (Lipinski definition) is 8. The molecule has 0 radical (unpaired) electrons. The molecule has 9 nitrogen and oxygen atoms in total. The lowest BCUT2D eigenvalue weighted by molar-refractivity contribution is 0.0198. The first kappa shape index (κ1) is 22.6. The van der Waals surface area contributed by atoms with E-state index < -0.39 is 5.91 Å². The van der Waals surface area contributed by atoms with Crippen molar-refractivity contribution in [2.75, 3.05) is 44.7 Å². The molecule has 178 valence electrons. The summed E-state index contributed by atoms with van der Waals surface area (Å²) in [5.74, 6) is 0.0933. The molecule has 2 saturated heterocycles. The fourth-order valence-corrected chi connectivity index (χ4v) is 4.76. The van der Waals surface area contributed by atoms with Crippen molar-refractivity contribution in [2.45, 2.75) is 31.8 Å². The molecular formula is C25H31N7O2. The number of aromatic nitrogens is 3. The van der Waals surface area contributed by atoms with E-state index in [0.717, 1.165) is 57.8 Å². The number of benzene rings is 1. The zero-order valence-electron chi connectivity index (χ0n) is 19.5. The predicted octanol–water partition coefficient (Wildman–Crippen LogP) is 2.35. The highest BCUT2D eigenvalue weighted by Gasteiger charge is 2.21. The van der Waals surface area contributed by atoms with Crippen LogP contribution in [0.25, 0.3) is 22.3 Å². The highest BCUT2D eigenvalue weighted by Crippen LogP contribution is 2.29. The van der Waals surface area contributed by atoms with Gasteiger partial charge in [0.15, 0.2) is 5.82 Å². The number of piperidine rings is 1. The van der Waals surface area contributed by atoms with Gasteiger partial charge in [-0.2, -0.15) is 0 Å². The summed E-state index contributed by atoms with van der Waals surface area (Å²) in [5, 5.41) is 6.88. The van der Waals surface area contributed by atoms with E-state index in [1.807, 2.05) is 12.1 Å². The number of carbonyl (C=O) groups excluding carboxylic acids is 1. The van der Waals surface area contributed by atoms with Gasteiger partial charge in [0.2, 0.25) is 0 Å². The standard InChI is InChI=1S/C25H31N7O2/c1-16(32-9-11-34-12-10-32)17-4-6-18(7-5-17)21-13-20(24(26)33)22-23(31-21)25(29-15-28-22)30-19-3-2-8-27-14-19/h4-7,13,15-16,19,27H,2-3,8-12,14H2,1H3,(H2,26,33)(H,28,29,30)/t16?,19-/m0/s1. The number of morpholine rings is 1. The molecule has 2 fully saturated rings. The monoisotopic (exact) mass is 461 g/mol. The van der Waals surface area contributed by atoms with Crippen LogP contribution in [0.2, 0.25) is 0 Å². The summed E-state index contributed by atoms with van der Waals surface area (Å²) < 4.78 is 5.48. The molecule has 0 saturated carbocycles. The first-order valence-corrected chi connectivity index (χ1v) is 11.9. The minimum atomic E-state index is -0.532. The number of nitrogens with one attached hydrogen (secondary N) is 2. The average Bonchev–Trinajstić information content (AvgIpc) is 2.89. The number of carbonyl (C=O) groups is 1. The van der Waals surface area contributed by atoms with Crippen LogP contribution in [0.15, 0.2) is 36.7 Å². The van der Waals surface area contributed by atoms with Crippen molar-refractivity contribution >= 4 is 22.8 Å². The third-order valence-corrected chi connectivity index (χ3v) is 6.78. The number of rotatable bonds is 6. The Morgan fingerprint density at radius 3 is 2.71 bits per heavy atom. The maximum Gasteiger partial charge on any atom is 0.251 e. The zero-order chi connectivity index (χ0) is 23.5. The van der Waals surface area contributed by atoms with Crippen LogP contribution in [0.5, 0.6) is 0 Å². The number of hydrogen-bond donors (Lipinski definition) is 3. The Morgan fingerprint density at radius 1 is 1.21 bits per heavy atom. The average molecular weight is 462 g/mol. The minimum absolute atomic E-state index is 0.246. The summed E-state index contributed by atoms with van der Waals surface area (Å²) in [6.07, 6.45) is 3.60. The van der Waals surface area contributed by atoms with Crippen LogP contribution >= 0.6 is 0 Å². The Hall–Kier alpha value is -3.14. The Morgan fingerprint density at radius 2 is 2.00 bits per heavy atom. The number of ether oxygens (including phenoxy) is 1. The Balaban J connectivity index is 1.48. The van der Waals surface area contributed by atoms with Crippen molar-refractivity contribution in [1.82, 2.24) is 25.2 Å². The molecule has 2 atom stereocenters. The van der Waals surface area contributed by atoms with Gasteiger partial charge < -0.3 is 21.1 Å². The molecule has 1 aromatic carbocycles. The van der Waals surface area contributed by atoms with Gasteiger partial charge >= 0.3 is 0 Å². The van der Waals surface area contributed by atoms with E-state index in [1.165, 1.54) is 11.9 Å². The van der Waals surface area contributed by atoms with Crippen LogP contribution in [0.1, 0.15) is 41.7 Å². The maximum atomic E-state index is 12.3. The van der Waals surface area contributed by atoms with E-state index in [2.05, 4.69) is 44.6 Å². The molecule has 3 aromatic rings. The van der Waals surface area contributed by atoms with E-state index in [0.29, 0.717) is 34.2 Å². The molecule has 0 bridgehead atoms. The second-order valence-corrected chi connectivity index (χ2v) is 8.97. The Labute approximate surface area is 199 Å². The van der Waals surface area contributed by atoms with Crippen LogP contribution in [0.3, 0.4) is 0 Å². The molecular weight excluding hydrogens is 430 g/mol. The number of nitrogens with two attached hydrogens (primary N) is 1. The molecule has 2 aliphatic heterocycles. The van der Waals surface area contributed by atoms with Crippen molar-refractivity contribution in [1.29, 1.82) is 0 Å². The topological polar surface area (TPSA) is 118 Å². The quantitative estimate of drug-likeness (QED) is 0.512. The molecule has 0 spiro atoms.